The Kier molecular flexibility index (Phi) is 5.48. The SMILES string of the molecule is Nc1ccccc1NS(=O)(=O)c1cc(C(=O)O)c(NCc2ccco2)cc1Cl. The first-order chi connectivity index (χ1) is 13.3. The van der Waals surface area contributed by atoms with Gasteiger partial charge in [0.2, 0.25) is 0 Å². The molecule has 0 spiro atoms. The van der Waals surface area contributed by atoms with Crippen molar-refractivity contribution in [3.8, 4) is 0 Å². The Bertz CT molecular complexity index is 1110. The lowest BCUT2D eigenvalue weighted by atomic mass is 10.1. The van der Waals surface area contributed by atoms with E-state index in [0.717, 1.165) is 6.07 Å². The number of rotatable bonds is 7. The Morgan fingerprint density at radius 3 is 2.54 bits per heavy atom. The molecule has 28 heavy (non-hydrogen) atoms. The number of nitrogens with one attached hydrogen (secondary N) is 2. The Morgan fingerprint density at radius 1 is 1.14 bits per heavy atom. The van der Waals surface area contributed by atoms with Crippen molar-refractivity contribution in [1.29, 1.82) is 0 Å². The molecule has 0 atom stereocenters. The fraction of sp³-hybridized carbons (Fsp3) is 0.0556. The number of anilines is 3. The standard InChI is InChI=1S/C18H16ClN3O5S/c19-13-9-16(21-10-11-4-3-7-27-11)12(18(23)24)8-17(13)28(25,26)22-15-6-2-1-5-14(15)20/h1-9,21-22H,10,20H2,(H,23,24). The number of hydrogen-bond acceptors (Lipinski definition) is 6. The highest BCUT2D eigenvalue weighted by atomic mass is 35.5. The van der Waals surface area contributed by atoms with Crippen LogP contribution in [0.15, 0.2) is 64.1 Å². The summed E-state index contributed by atoms with van der Waals surface area (Å²) in [6.45, 7) is 0.203. The van der Waals surface area contributed by atoms with Crippen molar-refractivity contribution in [2.45, 2.75) is 11.4 Å². The molecule has 0 fully saturated rings. The van der Waals surface area contributed by atoms with Crippen LogP contribution in [0.3, 0.4) is 0 Å². The largest absolute Gasteiger partial charge is 0.478 e. The number of furan rings is 1. The molecule has 8 nitrogen and oxygen atoms in total. The minimum absolute atomic E-state index is 0.144. The number of aromatic carboxylic acids is 1. The number of nitrogens with two attached hydrogens (primary N) is 1. The van der Waals surface area contributed by atoms with Gasteiger partial charge in [-0.1, -0.05) is 23.7 Å². The van der Waals surface area contributed by atoms with Crippen LogP contribution in [0.2, 0.25) is 5.02 Å². The Hall–Kier alpha value is -3.17. The van der Waals surface area contributed by atoms with Crippen molar-refractivity contribution in [3.63, 3.8) is 0 Å². The van der Waals surface area contributed by atoms with Crippen LogP contribution in [0, 0.1) is 0 Å². The minimum atomic E-state index is -4.17. The van der Waals surface area contributed by atoms with Gasteiger partial charge in [0.05, 0.1) is 40.5 Å². The van der Waals surface area contributed by atoms with E-state index in [0.29, 0.717) is 5.76 Å². The maximum atomic E-state index is 12.7. The van der Waals surface area contributed by atoms with Gasteiger partial charge in [0.25, 0.3) is 10.0 Å². The van der Waals surface area contributed by atoms with Crippen molar-refractivity contribution in [2.24, 2.45) is 0 Å². The van der Waals surface area contributed by atoms with Crippen LogP contribution in [0.25, 0.3) is 0 Å². The molecule has 0 radical (unpaired) electrons. The second-order valence-corrected chi connectivity index (χ2v) is 7.82. The fourth-order valence-electron chi connectivity index (χ4n) is 2.47. The molecule has 0 saturated carbocycles. The van der Waals surface area contributed by atoms with Crippen molar-refractivity contribution in [3.05, 3.63) is 71.1 Å². The first-order valence-electron chi connectivity index (χ1n) is 7.98. The summed E-state index contributed by atoms with van der Waals surface area (Å²) < 4.78 is 33.0. The van der Waals surface area contributed by atoms with Gasteiger partial charge < -0.3 is 20.6 Å². The van der Waals surface area contributed by atoms with E-state index in [-0.39, 0.29) is 39.1 Å². The first kappa shape index (κ1) is 19.6. The zero-order valence-corrected chi connectivity index (χ0v) is 15.9. The molecule has 10 heteroatoms. The van der Waals surface area contributed by atoms with Crippen molar-refractivity contribution < 1.29 is 22.7 Å². The summed E-state index contributed by atoms with van der Waals surface area (Å²) in [4.78, 5) is 11.3. The number of carboxylic acid groups (broad SMARTS) is 1. The fourth-order valence-corrected chi connectivity index (χ4v) is 4.11. The van der Waals surface area contributed by atoms with E-state index in [2.05, 4.69) is 10.0 Å². The first-order valence-corrected chi connectivity index (χ1v) is 9.84. The highest BCUT2D eigenvalue weighted by Crippen LogP contribution is 2.31. The summed E-state index contributed by atoms with van der Waals surface area (Å²) in [7, 11) is -4.17. The van der Waals surface area contributed by atoms with Gasteiger partial charge in [-0.05, 0) is 36.4 Å². The lowest BCUT2D eigenvalue weighted by Gasteiger charge is -2.15. The highest BCUT2D eigenvalue weighted by molar-refractivity contribution is 7.92. The predicted molar refractivity (Wildman–Crippen MR) is 106 cm³/mol. The average Bonchev–Trinajstić information content (AvgIpc) is 3.15. The number of para-hydroxylation sites is 2. The van der Waals surface area contributed by atoms with Gasteiger partial charge >= 0.3 is 5.97 Å². The minimum Gasteiger partial charge on any atom is -0.478 e. The molecule has 3 aromatic rings. The number of benzene rings is 2. The molecule has 2 aromatic carbocycles. The third-order valence-corrected chi connectivity index (χ3v) is 5.66. The highest BCUT2D eigenvalue weighted by Gasteiger charge is 2.23. The van der Waals surface area contributed by atoms with Gasteiger partial charge in [-0.3, -0.25) is 4.72 Å². The Balaban J connectivity index is 1.96. The van der Waals surface area contributed by atoms with Gasteiger partial charge in [0.15, 0.2) is 0 Å². The summed E-state index contributed by atoms with van der Waals surface area (Å²) in [5.41, 5.74) is 6.05. The van der Waals surface area contributed by atoms with Gasteiger partial charge in [-0.15, -0.1) is 0 Å². The number of nitrogen functional groups attached to an aromatic ring is 1. The van der Waals surface area contributed by atoms with Gasteiger partial charge in [0.1, 0.15) is 10.7 Å². The molecule has 5 N–H and O–H groups in total. The predicted octanol–water partition coefficient (Wildman–Crippen LogP) is 3.63. The number of hydrogen-bond donors (Lipinski definition) is 4. The van der Waals surface area contributed by atoms with E-state index in [1.807, 2.05) is 0 Å². The second-order valence-electron chi connectivity index (χ2n) is 5.76. The van der Waals surface area contributed by atoms with E-state index < -0.39 is 16.0 Å². The van der Waals surface area contributed by atoms with Gasteiger partial charge in [-0.25, -0.2) is 13.2 Å². The van der Waals surface area contributed by atoms with Crippen LogP contribution >= 0.6 is 11.6 Å². The Labute approximate surface area is 166 Å². The second kappa shape index (κ2) is 7.83. The molecule has 1 heterocycles. The molecule has 146 valence electrons. The zero-order chi connectivity index (χ0) is 20.3. The summed E-state index contributed by atoms with van der Waals surface area (Å²) in [6.07, 6.45) is 1.48. The summed E-state index contributed by atoms with van der Waals surface area (Å²) in [5, 5.41) is 12.2. The molecule has 0 saturated heterocycles. The maximum Gasteiger partial charge on any atom is 0.337 e. The number of sulfonamides is 1. The molecular weight excluding hydrogens is 406 g/mol. The zero-order valence-electron chi connectivity index (χ0n) is 14.3. The topological polar surface area (TPSA) is 135 Å². The lowest BCUT2D eigenvalue weighted by Crippen LogP contribution is -2.16. The average molecular weight is 422 g/mol. The van der Waals surface area contributed by atoms with Crippen molar-refractivity contribution in [2.75, 3.05) is 15.8 Å². The molecule has 3 rings (SSSR count). The van der Waals surface area contributed by atoms with E-state index in [4.69, 9.17) is 21.8 Å². The molecule has 1 aromatic heterocycles. The van der Waals surface area contributed by atoms with E-state index in [1.54, 1.807) is 24.3 Å². The van der Waals surface area contributed by atoms with E-state index in [1.165, 1.54) is 24.5 Å². The molecule has 0 unspecified atom stereocenters. The number of halogens is 1. The molecule has 0 aliphatic rings. The quantitative estimate of drug-likeness (QED) is 0.428. The molecule has 0 aliphatic heterocycles. The summed E-state index contributed by atoms with van der Waals surface area (Å²) in [6, 6.07) is 11.9. The third-order valence-electron chi connectivity index (χ3n) is 3.83. The third kappa shape index (κ3) is 4.21. The molecular formula is C18H16ClN3O5S. The van der Waals surface area contributed by atoms with Gasteiger partial charge in [0, 0.05) is 0 Å². The van der Waals surface area contributed by atoms with E-state index >= 15 is 0 Å². The van der Waals surface area contributed by atoms with Crippen molar-refractivity contribution >= 4 is 44.7 Å². The monoisotopic (exact) mass is 421 g/mol. The normalized spacial score (nSPS) is 11.2. The van der Waals surface area contributed by atoms with E-state index in [9.17, 15) is 18.3 Å². The smallest absolute Gasteiger partial charge is 0.337 e. The van der Waals surface area contributed by atoms with Crippen LogP contribution in [0.1, 0.15) is 16.1 Å². The molecule has 0 amide bonds. The van der Waals surface area contributed by atoms with Crippen LogP contribution in [-0.2, 0) is 16.6 Å². The van der Waals surface area contributed by atoms with Crippen LogP contribution in [0.4, 0.5) is 17.1 Å². The maximum absolute atomic E-state index is 12.7. The van der Waals surface area contributed by atoms with Crippen LogP contribution in [0.5, 0.6) is 0 Å². The number of carboxylic acids is 1. The van der Waals surface area contributed by atoms with Crippen LogP contribution < -0.4 is 15.8 Å². The molecule has 0 aliphatic carbocycles. The Morgan fingerprint density at radius 2 is 1.89 bits per heavy atom. The molecule has 0 bridgehead atoms. The lowest BCUT2D eigenvalue weighted by molar-refractivity contribution is 0.0697. The van der Waals surface area contributed by atoms with Crippen LogP contribution in [-0.4, -0.2) is 19.5 Å². The van der Waals surface area contributed by atoms with Crippen molar-refractivity contribution in [1.82, 2.24) is 0 Å². The number of carbonyl (C=O) groups is 1. The summed E-state index contributed by atoms with van der Waals surface area (Å²) >= 11 is 6.15. The van der Waals surface area contributed by atoms with Gasteiger partial charge in [-0.2, -0.15) is 0 Å². The summed E-state index contributed by atoms with van der Waals surface area (Å²) in [5.74, 6) is -0.736.